The molecule has 4 aliphatic rings. The Morgan fingerprint density at radius 3 is 1.33 bits per heavy atom. The molecule has 0 aromatic heterocycles. The lowest BCUT2D eigenvalue weighted by Gasteiger charge is -2.41. The molecule has 0 spiro atoms. The fraction of sp³-hybridized carbons (Fsp3) is 0.636. The lowest BCUT2D eigenvalue weighted by molar-refractivity contribution is 0.680. The normalized spacial score (nSPS) is 24.8. The minimum absolute atomic E-state index is 1.35. The highest BCUT2D eigenvalue weighted by Gasteiger charge is 2.48. The van der Waals surface area contributed by atoms with Crippen molar-refractivity contribution in [1.29, 1.82) is 0 Å². The van der Waals surface area contributed by atoms with Crippen molar-refractivity contribution in [3.05, 3.63) is 44.8 Å². The Kier molecular flexibility index (Phi) is 4.20. The first-order valence-electron chi connectivity index (χ1n) is 10.2. The first-order valence-corrected chi connectivity index (χ1v) is 17.2. The molecule has 0 heterocycles. The molecule has 0 aliphatic heterocycles. The maximum Gasteiger partial charge on any atom is 0.0741 e. The summed E-state index contributed by atoms with van der Waals surface area (Å²) in [5.74, 6) is 0. The van der Waals surface area contributed by atoms with Gasteiger partial charge in [-0.05, 0) is 75.4 Å². The summed E-state index contributed by atoms with van der Waals surface area (Å²) >= 11 is 0. The van der Waals surface area contributed by atoms with Crippen LogP contribution in [0.25, 0.3) is 0 Å². The molecule has 0 amide bonds. The van der Waals surface area contributed by atoms with Crippen LogP contribution in [-0.2, 0) is 0 Å². The maximum absolute atomic E-state index is 2.71. The van der Waals surface area contributed by atoms with Crippen molar-refractivity contribution in [2.24, 2.45) is 0 Å². The first kappa shape index (κ1) is 16.8. The summed E-state index contributed by atoms with van der Waals surface area (Å²) in [4.78, 5) is 0. The van der Waals surface area contributed by atoms with E-state index in [1.807, 2.05) is 21.5 Å². The van der Waals surface area contributed by atoms with Crippen LogP contribution in [0.4, 0.5) is 0 Å². The molecule has 2 heteroatoms. The van der Waals surface area contributed by atoms with Gasteiger partial charge < -0.3 is 0 Å². The highest BCUT2D eigenvalue weighted by molar-refractivity contribution is 7.46. The lowest BCUT2D eigenvalue weighted by atomic mass is 9.94. The van der Waals surface area contributed by atoms with E-state index in [9.17, 15) is 0 Å². The molecule has 0 nitrogen and oxygen atoms in total. The van der Waals surface area contributed by atoms with Crippen molar-refractivity contribution in [2.45, 2.75) is 90.4 Å². The highest BCUT2D eigenvalue weighted by Crippen LogP contribution is 2.46. The van der Waals surface area contributed by atoms with Crippen LogP contribution in [0.2, 0.25) is 26.2 Å². The van der Waals surface area contributed by atoms with Gasteiger partial charge in [0.15, 0.2) is 0 Å². The smallest absolute Gasteiger partial charge is 0.0741 e. The number of hydrogen-bond acceptors (Lipinski definition) is 0. The van der Waals surface area contributed by atoms with Gasteiger partial charge in [0.2, 0.25) is 0 Å². The van der Waals surface area contributed by atoms with Crippen LogP contribution in [0.1, 0.15) is 64.2 Å². The second-order valence-electron chi connectivity index (χ2n) is 9.61. The summed E-state index contributed by atoms with van der Waals surface area (Å²) < 4.78 is 0. The molecule has 0 unspecified atom stereocenters. The third-order valence-corrected chi connectivity index (χ3v) is 26.2. The average molecular weight is 355 g/mol. The largest absolute Gasteiger partial charge is 0.0789 e. The first-order chi connectivity index (χ1) is 11.4. The van der Waals surface area contributed by atoms with Gasteiger partial charge in [-0.25, -0.2) is 0 Å². The summed E-state index contributed by atoms with van der Waals surface area (Å²) in [5.41, 5.74) is 7.14. The molecule has 130 valence electrons. The van der Waals surface area contributed by atoms with Crippen LogP contribution in [0, 0.1) is 0 Å². The molecule has 0 saturated heterocycles. The number of hydrogen-bond donors (Lipinski definition) is 0. The summed E-state index contributed by atoms with van der Waals surface area (Å²) in [7, 11) is -2.70. The van der Waals surface area contributed by atoms with Gasteiger partial charge in [0.25, 0.3) is 0 Å². The van der Waals surface area contributed by atoms with E-state index in [0.717, 1.165) is 0 Å². The monoisotopic (exact) mass is 354 g/mol. The third-order valence-electron chi connectivity index (χ3n) is 7.93. The Morgan fingerprint density at radius 1 is 0.583 bits per heavy atom. The SMILES string of the molecule is C[Si](C)(C1=CC2=C(CCCC2)C1)[Si](C)(C)C1=CC2=C(CCCC2)C1. The molecule has 0 fully saturated rings. The molecule has 24 heavy (non-hydrogen) atoms. The zero-order chi connectivity index (χ0) is 16.9. The van der Waals surface area contributed by atoms with Crippen molar-refractivity contribution < 1.29 is 0 Å². The maximum atomic E-state index is 2.71. The van der Waals surface area contributed by atoms with Crippen molar-refractivity contribution in [2.75, 3.05) is 0 Å². The van der Waals surface area contributed by atoms with Gasteiger partial charge in [-0.3, -0.25) is 0 Å². The van der Waals surface area contributed by atoms with Crippen molar-refractivity contribution >= 4 is 15.2 Å². The van der Waals surface area contributed by atoms with E-state index in [2.05, 4.69) is 38.3 Å². The predicted molar refractivity (Wildman–Crippen MR) is 111 cm³/mol. The summed E-state index contributed by atoms with van der Waals surface area (Å²) in [6, 6.07) is 0. The second kappa shape index (κ2) is 5.98. The molecule has 0 aromatic rings. The van der Waals surface area contributed by atoms with Crippen molar-refractivity contribution in [1.82, 2.24) is 0 Å². The Hall–Kier alpha value is -0.606. The molecule has 0 radical (unpaired) electrons. The summed E-state index contributed by atoms with van der Waals surface area (Å²) in [5, 5.41) is 3.80. The van der Waals surface area contributed by atoms with E-state index in [1.54, 1.807) is 11.1 Å². The Bertz CT molecular complexity index is 623. The molecule has 0 N–H and O–H groups in total. The summed E-state index contributed by atoms with van der Waals surface area (Å²) in [6.07, 6.45) is 19.3. The zero-order valence-corrected chi connectivity index (χ0v) is 18.2. The van der Waals surface area contributed by atoms with E-state index in [1.165, 1.54) is 64.2 Å². The molecule has 4 aliphatic carbocycles. The summed E-state index contributed by atoms with van der Waals surface area (Å²) in [6.45, 7) is 10.8. The van der Waals surface area contributed by atoms with E-state index in [0.29, 0.717) is 0 Å². The van der Waals surface area contributed by atoms with E-state index in [4.69, 9.17) is 0 Å². The average Bonchev–Trinajstić information content (AvgIpc) is 3.19. The van der Waals surface area contributed by atoms with Crippen LogP contribution in [0.3, 0.4) is 0 Å². The van der Waals surface area contributed by atoms with Crippen LogP contribution in [0.15, 0.2) is 44.8 Å². The molecule has 0 aromatic carbocycles. The topological polar surface area (TPSA) is 0 Å². The molecule has 4 rings (SSSR count). The Labute approximate surface area is 150 Å². The van der Waals surface area contributed by atoms with Crippen molar-refractivity contribution in [3.8, 4) is 0 Å². The fourth-order valence-electron chi connectivity index (χ4n) is 5.32. The highest BCUT2D eigenvalue weighted by atomic mass is 29.3. The van der Waals surface area contributed by atoms with E-state index < -0.39 is 15.2 Å². The van der Waals surface area contributed by atoms with Gasteiger partial charge >= 0.3 is 0 Å². The third kappa shape index (κ3) is 2.61. The molecular formula is C22H34Si2. The zero-order valence-electron chi connectivity index (χ0n) is 16.2. The Morgan fingerprint density at radius 2 is 0.958 bits per heavy atom. The van der Waals surface area contributed by atoms with E-state index >= 15 is 0 Å². The second-order valence-corrected chi connectivity index (χ2v) is 24.9. The van der Waals surface area contributed by atoms with Crippen LogP contribution >= 0.6 is 0 Å². The predicted octanol–water partition coefficient (Wildman–Crippen LogP) is 6.96. The van der Waals surface area contributed by atoms with Gasteiger partial charge in [0.1, 0.15) is 0 Å². The van der Waals surface area contributed by atoms with Crippen LogP contribution in [0.5, 0.6) is 0 Å². The van der Waals surface area contributed by atoms with Gasteiger partial charge in [-0.15, -0.1) is 0 Å². The van der Waals surface area contributed by atoms with Gasteiger partial charge in [-0.1, -0.05) is 59.9 Å². The number of rotatable bonds is 3. The number of allylic oxidation sites excluding steroid dienone is 8. The van der Waals surface area contributed by atoms with Gasteiger partial charge in [0.05, 0.1) is 15.2 Å². The van der Waals surface area contributed by atoms with Crippen molar-refractivity contribution in [3.63, 3.8) is 0 Å². The molecule has 0 atom stereocenters. The van der Waals surface area contributed by atoms with Gasteiger partial charge in [-0.2, -0.15) is 0 Å². The minimum Gasteiger partial charge on any atom is -0.0789 e. The van der Waals surface area contributed by atoms with Crippen LogP contribution < -0.4 is 0 Å². The van der Waals surface area contributed by atoms with Crippen LogP contribution in [-0.4, -0.2) is 15.2 Å². The quantitative estimate of drug-likeness (QED) is 0.480. The van der Waals surface area contributed by atoms with Gasteiger partial charge in [0, 0.05) is 0 Å². The minimum atomic E-state index is -1.35. The lowest BCUT2D eigenvalue weighted by Crippen LogP contribution is -2.57. The molecule has 0 saturated carbocycles. The van der Waals surface area contributed by atoms with E-state index in [-0.39, 0.29) is 0 Å². The standard InChI is InChI=1S/C22H34Si2/c1-23(2,21-13-17-9-5-6-10-18(17)14-21)24(3,4)22-15-19-11-7-8-12-20(19)16-22/h13,15H,5-12,14,16H2,1-4H3. The Balaban J connectivity index is 1.58. The molecular weight excluding hydrogens is 320 g/mol. The fourth-order valence-corrected chi connectivity index (χ4v) is 15.1. The molecule has 0 bridgehead atoms.